The van der Waals surface area contributed by atoms with E-state index in [1.807, 2.05) is 18.2 Å². The van der Waals surface area contributed by atoms with Gasteiger partial charge in [0.1, 0.15) is 6.10 Å². The van der Waals surface area contributed by atoms with Crippen molar-refractivity contribution in [2.75, 3.05) is 26.9 Å². The van der Waals surface area contributed by atoms with Gasteiger partial charge in [-0.2, -0.15) is 0 Å². The second-order valence-electron chi connectivity index (χ2n) is 5.63. The molecule has 5 nitrogen and oxygen atoms in total. The van der Waals surface area contributed by atoms with Gasteiger partial charge >= 0.3 is 0 Å². The summed E-state index contributed by atoms with van der Waals surface area (Å²) in [6.07, 6.45) is 2.10. The molecule has 0 aliphatic heterocycles. The first-order valence-corrected chi connectivity index (χ1v) is 10.4. The largest absolute Gasteiger partial charge is 0.420 e. The highest BCUT2D eigenvalue weighted by molar-refractivity contribution is 6.71. The van der Waals surface area contributed by atoms with Crippen molar-refractivity contribution >= 4 is 8.32 Å². The predicted molar refractivity (Wildman–Crippen MR) is 84.6 cm³/mol. The number of pyridine rings is 1. The topological polar surface area (TPSA) is 60.8 Å². The molecule has 6 heteroatoms. The molecule has 0 radical (unpaired) electrons. The van der Waals surface area contributed by atoms with Gasteiger partial charge in [0.05, 0.1) is 25.5 Å². The van der Waals surface area contributed by atoms with Crippen molar-refractivity contribution in [3.63, 3.8) is 0 Å². The first kappa shape index (κ1) is 18.3. The number of rotatable bonds is 11. The van der Waals surface area contributed by atoms with Crippen LogP contribution in [0.3, 0.4) is 0 Å². The van der Waals surface area contributed by atoms with Gasteiger partial charge in [-0.05, 0) is 37.7 Å². The van der Waals surface area contributed by atoms with E-state index in [4.69, 9.17) is 13.9 Å². The first-order chi connectivity index (χ1) is 10.0. The van der Waals surface area contributed by atoms with E-state index in [0.717, 1.165) is 18.2 Å². The molecule has 1 unspecified atom stereocenters. The van der Waals surface area contributed by atoms with Crippen LogP contribution in [-0.2, 0) is 20.5 Å². The second kappa shape index (κ2) is 10.0. The average molecular weight is 313 g/mol. The maximum atomic E-state index is 9.75. The monoisotopic (exact) mass is 313 g/mol. The van der Waals surface area contributed by atoms with Crippen molar-refractivity contribution in [3.8, 4) is 0 Å². The first-order valence-electron chi connectivity index (χ1n) is 7.32. The van der Waals surface area contributed by atoms with Crippen LogP contribution in [0.4, 0.5) is 0 Å². The Kier molecular flexibility index (Phi) is 8.71. The van der Waals surface area contributed by atoms with Crippen LogP contribution in [0.2, 0.25) is 19.1 Å². The second-order valence-corrected chi connectivity index (χ2v) is 10.1. The average Bonchev–Trinajstić information content (AvgIpc) is 2.48. The maximum absolute atomic E-state index is 9.75. The molecule has 0 bridgehead atoms. The number of aliphatic hydroxyl groups is 1. The third-order valence-corrected chi connectivity index (χ3v) is 5.88. The lowest BCUT2D eigenvalue weighted by Gasteiger charge is -2.19. The van der Waals surface area contributed by atoms with Crippen LogP contribution in [-0.4, -0.2) is 51.4 Å². The Bertz CT molecular complexity index is 375. The highest BCUT2D eigenvalue weighted by Gasteiger charge is 2.19. The summed E-state index contributed by atoms with van der Waals surface area (Å²) in [6.45, 7) is 6.00. The Labute approximate surface area is 128 Å². The number of aliphatic hydroxyl groups excluding tert-OH is 1. The van der Waals surface area contributed by atoms with Crippen LogP contribution >= 0.6 is 0 Å². The van der Waals surface area contributed by atoms with Crippen molar-refractivity contribution in [1.82, 2.24) is 4.98 Å². The van der Waals surface area contributed by atoms with E-state index in [0.29, 0.717) is 19.8 Å². The summed E-state index contributed by atoms with van der Waals surface area (Å²) >= 11 is 0. The third-order valence-electron chi connectivity index (χ3n) is 3.22. The van der Waals surface area contributed by atoms with E-state index in [2.05, 4.69) is 18.1 Å². The highest BCUT2D eigenvalue weighted by atomic mass is 28.4. The van der Waals surface area contributed by atoms with Gasteiger partial charge in [0.15, 0.2) is 8.32 Å². The standard InChI is InChI=1S/C15H27NO4Si/c1-18-21(2,3)10-6-9-19-12-15(17)13-20-11-14-7-4-5-8-16-14/h4-5,7-8,15,17H,6,9-13H2,1-3H3. The van der Waals surface area contributed by atoms with Gasteiger partial charge in [-0.1, -0.05) is 6.07 Å². The molecule has 1 aromatic heterocycles. The van der Waals surface area contributed by atoms with Crippen LogP contribution < -0.4 is 0 Å². The molecule has 0 amide bonds. The lowest BCUT2D eigenvalue weighted by Crippen LogP contribution is -2.29. The molecular weight excluding hydrogens is 286 g/mol. The van der Waals surface area contributed by atoms with Crippen LogP contribution in [0.25, 0.3) is 0 Å². The number of ether oxygens (including phenoxy) is 2. The van der Waals surface area contributed by atoms with Gasteiger partial charge in [-0.25, -0.2) is 0 Å². The molecule has 1 N–H and O–H groups in total. The molecule has 0 saturated heterocycles. The maximum Gasteiger partial charge on any atom is 0.186 e. The third kappa shape index (κ3) is 8.95. The molecule has 120 valence electrons. The molecule has 1 rings (SSSR count). The predicted octanol–water partition coefficient (Wildman–Crippen LogP) is 2.22. The zero-order chi connectivity index (χ0) is 15.6. The SMILES string of the molecule is CO[Si](C)(C)CCCOCC(O)COCc1ccccn1. The fourth-order valence-corrected chi connectivity index (χ4v) is 2.95. The molecule has 0 saturated carbocycles. The van der Waals surface area contributed by atoms with Crippen LogP contribution in [0.1, 0.15) is 12.1 Å². The summed E-state index contributed by atoms with van der Waals surface area (Å²) in [5.41, 5.74) is 0.859. The van der Waals surface area contributed by atoms with Crippen molar-refractivity contribution in [2.24, 2.45) is 0 Å². The summed E-state index contributed by atoms with van der Waals surface area (Å²) in [7, 11) is 0.287. The summed E-state index contributed by atoms with van der Waals surface area (Å²) in [4.78, 5) is 4.15. The Balaban J connectivity index is 2.00. The molecule has 1 aromatic rings. The minimum Gasteiger partial charge on any atom is -0.420 e. The Morgan fingerprint density at radius 3 is 2.67 bits per heavy atom. The van der Waals surface area contributed by atoms with E-state index in [1.165, 1.54) is 0 Å². The zero-order valence-corrected chi connectivity index (χ0v) is 14.2. The molecular formula is C15H27NO4Si. The van der Waals surface area contributed by atoms with E-state index in [1.54, 1.807) is 13.3 Å². The van der Waals surface area contributed by atoms with E-state index < -0.39 is 14.4 Å². The molecule has 0 fully saturated rings. The van der Waals surface area contributed by atoms with Gasteiger partial charge in [0.25, 0.3) is 0 Å². The Morgan fingerprint density at radius 2 is 2.00 bits per heavy atom. The van der Waals surface area contributed by atoms with E-state index >= 15 is 0 Å². The minimum absolute atomic E-state index is 0.259. The highest BCUT2D eigenvalue weighted by Crippen LogP contribution is 2.12. The molecule has 0 aliphatic carbocycles. The van der Waals surface area contributed by atoms with Gasteiger partial charge in [0, 0.05) is 19.9 Å². The van der Waals surface area contributed by atoms with E-state index in [9.17, 15) is 5.11 Å². The van der Waals surface area contributed by atoms with Crippen LogP contribution in [0.15, 0.2) is 24.4 Å². The van der Waals surface area contributed by atoms with Gasteiger partial charge < -0.3 is 19.0 Å². The van der Waals surface area contributed by atoms with Crippen molar-refractivity contribution in [2.45, 2.75) is 38.3 Å². The summed E-state index contributed by atoms with van der Waals surface area (Å²) in [5.74, 6) is 0. The fourth-order valence-electron chi connectivity index (χ4n) is 1.75. The van der Waals surface area contributed by atoms with Crippen LogP contribution in [0, 0.1) is 0 Å². The number of hydrogen-bond acceptors (Lipinski definition) is 5. The summed E-state index contributed by atoms with van der Waals surface area (Å²) in [5, 5.41) is 9.75. The Hall–Kier alpha value is -0.793. The minimum atomic E-state index is -1.49. The molecule has 0 spiro atoms. The molecule has 1 atom stereocenters. The molecule has 21 heavy (non-hydrogen) atoms. The quantitative estimate of drug-likeness (QED) is 0.501. The number of aromatic nitrogens is 1. The smallest absolute Gasteiger partial charge is 0.186 e. The zero-order valence-electron chi connectivity index (χ0n) is 13.2. The van der Waals surface area contributed by atoms with Gasteiger partial charge in [0.2, 0.25) is 0 Å². The van der Waals surface area contributed by atoms with Crippen molar-refractivity contribution in [1.29, 1.82) is 0 Å². The molecule has 0 aliphatic rings. The van der Waals surface area contributed by atoms with Crippen LogP contribution in [0.5, 0.6) is 0 Å². The fraction of sp³-hybridized carbons (Fsp3) is 0.667. The Morgan fingerprint density at radius 1 is 1.24 bits per heavy atom. The molecule has 0 aromatic carbocycles. The lowest BCUT2D eigenvalue weighted by molar-refractivity contribution is -0.0238. The number of nitrogens with zero attached hydrogens (tertiary/aromatic N) is 1. The van der Waals surface area contributed by atoms with Gasteiger partial charge in [-0.3, -0.25) is 4.98 Å². The number of hydrogen-bond donors (Lipinski definition) is 1. The van der Waals surface area contributed by atoms with Gasteiger partial charge in [-0.15, -0.1) is 0 Å². The van der Waals surface area contributed by atoms with E-state index in [-0.39, 0.29) is 6.61 Å². The summed E-state index contributed by atoms with van der Waals surface area (Å²) in [6, 6.07) is 6.73. The summed E-state index contributed by atoms with van der Waals surface area (Å²) < 4.78 is 16.3. The molecule has 1 heterocycles. The lowest BCUT2D eigenvalue weighted by atomic mass is 10.3. The normalized spacial score (nSPS) is 13.3. The van der Waals surface area contributed by atoms with Crippen molar-refractivity contribution < 1.29 is 19.0 Å². The van der Waals surface area contributed by atoms with Crippen molar-refractivity contribution in [3.05, 3.63) is 30.1 Å².